The molecule has 0 radical (unpaired) electrons. The van der Waals surface area contributed by atoms with Gasteiger partial charge in [-0.2, -0.15) is 0 Å². The molecule has 0 N–H and O–H groups in total. The molecule has 1 atom stereocenters. The number of carbonyl (C=O) groups is 2. The second-order valence-corrected chi connectivity index (χ2v) is 8.76. The van der Waals surface area contributed by atoms with Crippen LogP contribution in [0, 0.1) is 11.8 Å². The molecule has 0 spiro atoms. The molecule has 2 saturated heterocycles. The van der Waals surface area contributed by atoms with E-state index in [9.17, 15) is 9.59 Å². The van der Waals surface area contributed by atoms with Gasteiger partial charge in [0.1, 0.15) is 5.75 Å². The molecular formula is C25H28N2O5. The van der Waals surface area contributed by atoms with E-state index >= 15 is 0 Å². The Morgan fingerprint density at radius 3 is 2.56 bits per heavy atom. The highest BCUT2D eigenvalue weighted by molar-refractivity contribution is 6.00. The van der Waals surface area contributed by atoms with Crippen LogP contribution in [0.1, 0.15) is 24.8 Å². The van der Waals surface area contributed by atoms with Crippen molar-refractivity contribution in [3.05, 3.63) is 48.0 Å². The Morgan fingerprint density at radius 2 is 1.81 bits per heavy atom. The lowest BCUT2D eigenvalue weighted by molar-refractivity contribution is -0.137. The summed E-state index contributed by atoms with van der Waals surface area (Å²) in [6.45, 7) is 2.13. The van der Waals surface area contributed by atoms with Crippen molar-refractivity contribution in [3.63, 3.8) is 0 Å². The van der Waals surface area contributed by atoms with Gasteiger partial charge in [-0.05, 0) is 55.0 Å². The number of hydrogen-bond donors (Lipinski definition) is 0. The van der Waals surface area contributed by atoms with Crippen molar-refractivity contribution in [3.8, 4) is 17.2 Å². The fourth-order valence-electron chi connectivity index (χ4n) is 4.89. The SMILES string of the molecule is COc1ccc(CC2CCN(C(=O)C3CC(=O)N(c4ccc5c(c4)OCO5)C3)CC2)cc1. The molecule has 7 nitrogen and oxygen atoms in total. The molecule has 2 amide bonds. The Labute approximate surface area is 187 Å². The summed E-state index contributed by atoms with van der Waals surface area (Å²) in [5.41, 5.74) is 2.06. The van der Waals surface area contributed by atoms with Crippen LogP contribution in [0.25, 0.3) is 0 Å². The van der Waals surface area contributed by atoms with Crippen LogP contribution in [0.3, 0.4) is 0 Å². The predicted octanol–water partition coefficient (Wildman–Crippen LogP) is 3.26. The van der Waals surface area contributed by atoms with Crippen LogP contribution in [0.4, 0.5) is 5.69 Å². The lowest BCUT2D eigenvalue weighted by Gasteiger charge is -2.33. The topological polar surface area (TPSA) is 68.3 Å². The number of benzene rings is 2. The highest BCUT2D eigenvalue weighted by Gasteiger charge is 2.38. The molecule has 2 fully saturated rings. The summed E-state index contributed by atoms with van der Waals surface area (Å²) in [7, 11) is 1.67. The number of piperidine rings is 1. The van der Waals surface area contributed by atoms with Gasteiger partial charge in [-0.3, -0.25) is 9.59 Å². The van der Waals surface area contributed by atoms with Crippen molar-refractivity contribution in [2.24, 2.45) is 11.8 Å². The quantitative estimate of drug-likeness (QED) is 0.720. The number of nitrogens with zero attached hydrogens (tertiary/aromatic N) is 2. The summed E-state index contributed by atoms with van der Waals surface area (Å²) in [4.78, 5) is 29.4. The average Bonchev–Trinajstić information content (AvgIpc) is 3.45. The number of likely N-dealkylation sites (tertiary alicyclic amines) is 1. The fraction of sp³-hybridized carbons (Fsp3) is 0.440. The van der Waals surface area contributed by atoms with Gasteiger partial charge < -0.3 is 24.0 Å². The first-order valence-electron chi connectivity index (χ1n) is 11.2. The molecule has 0 bridgehead atoms. The van der Waals surface area contributed by atoms with Crippen molar-refractivity contribution in [2.45, 2.75) is 25.7 Å². The van der Waals surface area contributed by atoms with Gasteiger partial charge in [0.15, 0.2) is 11.5 Å². The van der Waals surface area contributed by atoms with Crippen LogP contribution in [0.2, 0.25) is 0 Å². The van der Waals surface area contributed by atoms with Crippen LogP contribution in [-0.2, 0) is 16.0 Å². The molecule has 0 aromatic heterocycles. The Kier molecular flexibility index (Phi) is 5.64. The molecule has 0 saturated carbocycles. The van der Waals surface area contributed by atoms with E-state index < -0.39 is 0 Å². The smallest absolute Gasteiger partial charge is 0.231 e. The average molecular weight is 437 g/mol. The summed E-state index contributed by atoms with van der Waals surface area (Å²) in [6.07, 6.45) is 3.26. The third kappa shape index (κ3) is 4.11. The van der Waals surface area contributed by atoms with Gasteiger partial charge in [-0.1, -0.05) is 12.1 Å². The molecule has 1 unspecified atom stereocenters. The van der Waals surface area contributed by atoms with Crippen molar-refractivity contribution in [1.82, 2.24) is 4.90 Å². The fourth-order valence-corrected chi connectivity index (χ4v) is 4.89. The molecule has 2 aromatic rings. The summed E-state index contributed by atoms with van der Waals surface area (Å²) in [5.74, 6) is 2.57. The molecule has 32 heavy (non-hydrogen) atoms. The van der Waals surface area contributed by atoms with Gasteiger partial charge in [-0.15, -0.1) is 0 Å². The molecule has 7 heteroatoms. The molecular weight excluding hydrogens is 408 g/mol. The first kappa shape index (κ1) is 20.7. The van der Waals surface area contributed by atoms with E-state index in [1.54, 1.807) is 12.0 Å². The summed E-state index contributed by atoms with van der Waals surface area (Å²) in [5, 5.41) is 0. The van der Waals surface area contributed by atoms with E-state index in [1.807, 2.05) is 35.2 Å². The van der Waals surface area contributed by atoms with Crippen LogP contribution < -0.4 is 19.1 Å². The predicted molar refractivity (Wildman–Crippen MR) is 119 cm³/mol. The van der Waals surface area contributed by atoms with Crippen molar-refractivity contribution in [1.29, 1.82) is 0 Å². The maximum atomic E-state index is 13.1. The second-order valence-electron chi connectivity index (χ2n) is 8.76. The van der Waals surface area contributed by atoms with Gasteiger partial charge in [0.2, 0.25) is 18.6 Å². The number of hydrogen-bond acceptors (Lipinski definition) is 5. The van der Waals surface area contributed by atoms with Crippen molar-refractivity contribution in [2.75, 3.05) is 38.4 Å². The van der Waals surface area contributed by atoms with Gasteiger partial charge >= 0.3 is 0 Å². The molecule has 5 rings (SSSR count). The lowest BCUT2D eigenvalue weighted by Crippen LogP contribution is -2.42. The standard InChI is InChI=1S/C25H28N2O5/c1-30-21-5-2-17(3-6-21)12-18-8-10-26(11-9-18)25(29)19-13-24(28)27(15-19)20-4-7-22-23(14-20)32-16-31-22/h2-7,14,18-19H,8-13,15-16H2,1H3. The molecule has 3 aliphatic heterocycles. The van der Waals surface area contributed by atoms with E-state index in [1.165, 1.54) is 5.56 Å². The Balaban J connectivity index is 1.15. The van der Waals surface area contributed by atoms with Gasteiger partial charge in [0, 0.05) is 37.8 Å². The minimum absolute atomic E-state index is 0.0170. The zero-order chi connectivity index (χ0) is 22.1. The van der Waals surface area contributed by atoms with Gasteiger partial charge in [0.05, 0.1) is 13.0 Å². The Bertz CT molecular complexity index is 998. The first-order chi connectivity index (χ1) is 15.6. The third-order valence-electron chi connectivity index (χ3n) is 6.75. The Morgan fingerprint density at radius 1 is 1.06 bits per heavy atom. The maximum Gasteiger partial charge on any atom is 0.231 e. The minimum Gasteiger partial charge on any atom is -0.497 e. The molecule has 3 aliphatic rings. The number of rotatable bonds is 5. The number of fused-ring (bicyclic) bond motifs is 1. The largest absolute Gasteiger partial charge is 0.497 e. The van der Waals surface area contributed by atoms with Crippen LogP contribution in [-0.4, -0.2) is 50.3 Å². The number of anilines is 1. The number of methoxy groups -OCH3 is 1. The van der Waals surface area contributed by atoms with E-state index in [2.05, 4.69) is 12.1 Å². The third-order valence-corrected chi connectivity index (χ3v) is 6.75. The number of carbonyl (C=O) groups excluding carboxylic acids is 2. The van der Waals surface area contributed by atoms with Crippen LogP contribution in [0.15, 0.2) is 42.5 Å². The number of ether oxygens (including phenoxy) is 3. The monoisotopic (exact) mass is 436 g/mol. The maximum absolute atomic E-state index is 13.1. The van der Waals surface area contributed by atoms with Crippen molar-refractivity contribution >= 4 is 17.5 Å². The van der Waals surface area contributed by atoms with E-state index in [-0.39, 0.29) is 30.9 Å². The molecule has 0 aliphatic carbocycles. The first-order valence-corrected chi connectivity index (χ1v) is 11.2. The lowest BCUT2D eigenvalue weighted by atomic mass is 9.89. The van der Waals surface area contributed by atoms with E-state index in [0.717, 1.165) is 43.8 Å². The normalized spacial score (nSPS) is 20.7. The minimum atomic E-state index is -0.286. The summed E-state index contributed by atoms with van der Waals surface area (Å²) in [6, 6.07) is 13.7. The Hall–Kier alpha value is -3.22. The number of amides is 2. The van der Waals surface area contributed by atoms with E-state index in [0.29, 0.717) is 24.0 Å². The van der Waals surface area contributed by atoms with Crippen molar-refractivity contribution < 1.29 is 23.8 Å². The second kappa shape index (κ2) is 8.73. The molecule has 168 valence electrons. The van der Waals surface area contributed by atoms with Crippen LogP contribution in [0.5, 0.6) is 17.2 Å². The highest BCUT2D eigenvalue weighted by atomic mass is 16.7. The molecule has 3 heterocycles. The zero-order valence-electron chi connectivity index (χ0n) is 18.3. The molecule has 2 aromatic carbocycles. The van der Waals surface area contributed by atoms with Crippen LogP contribution >= 0.6 is 0 Å². The summed E-state index contributed by atoms with van der Waals surface area (Å²) >= 11 is 0. The van der Waals surface area contributed by atoms with E-state index in [4.69, 9.17) is 14.2 Å². The van der Waals surface area contributed by atoms with Gasteiger partial charge in [-0.25, -0.2) is 0 Å². The zero-order valence-corrected chi connectivity index (χ0v) is 18.3. The van der Waals surface area contributed by atoms with Gasteiger partial charge in [0.25, 0.3) is 0 Å². The summed E-state index contributed by atoms with van der Waals surface area (Å²) < 4.78 is 16.0. The highest BCUT2D eigenvalue weighted by Crippen LogP contribution is 2.37.